The van der Waals surface area contributed by atoms with Gasteiger partial charge >= 0.3 is 0 Å². The Kier molecular flexibility index (Phi) is 6.20. The minimum atomic E-state index is -3.67. The van der Waals surface area contributed by atoms with Gasteiger partial charge in [-0.25, -0.2) is 8.42 Å². The number of carbonyl (C=O) groups is 1. The second kappa shape index (κ2) is 8.88. The van der Waals surface area contributed by atoms with E-state index in [0.29, 0.717) is 31.1 Å². The second-order valence-corrected chi connectivity index (χ2v) is 9.97. The zero-order chi connectivity index (χ0) is 22.0. The first-order chi connectivity index (χ1) is 14.9. The molecule has 1 unspecified atom stereocenters. The highest BCUT2D eigenvalue weighted by Gasteiger charge is 2.31. The predicted octanol–water partition coefficient (Wildman–Crippen LogP) is 3.26. The fourth-order valence-corrected chi connectivity index (χ4v) is 6.02. The molecule has 1 atom stereocenters. The Morgan fingerprint density at radius 3 is 2.55 bits per heavy atom. The maximum atomic E-state index is 13.2. The lowest BCUT2D eigenvalue weighted by Crippen LogP contribution is -2.40. The average Bonchev–Trinajstić information content (AvgIpc) is 3.23. The number of fused-ring (bicyclic) bond motifs is 1. The van der Waals surface area contributed by atoms with Gasteiger partial charge in [0.05, 0.1) is 7.11 Å². The number of para-hydroxylation sites is 1. The Morgan fingerprint density at radius 2 is 1.81 bits per heavy atom. The Balaban J connectivity index is 1.55. The zero-order valence-electron chi connectivity index (χ0n) is 18.0. The molecule has 2 aromatic carbocycles. The van der Waals surface area contributed by atoms with Gasteiger partial charge in [0.2, 0.25) is 15.9 Å². The number of carbonyl (C=O) groups excluding carboxylic acids is 1. The number of ether oxygens (including phenoxy) is 1. The van der Waals surface area contributed by atoms with Crippen LogP contribution < -0.4 is 15.0 Å². The van der Waals surface area contributed by atoms with Crippen LogP contribution in [0.5, 0.6) is 5.75 Å². The maximum absolute atomic E-state index is 13.2. The third-order valence-electron chi connectivity index (χ3n) is 6.00. The first-order valence-corrected chi connectivity index (χ1v) is 12.2. The summed E-state index contributed by atoms with van der Waals surface area (Å²) in [5.74, 6) is 0.268. The quantitative estimate of drug-likeness (QED) is 0.741. The molecule has 1 N–H and O–H groups in total. The van der Waals surface area contributed by atoms with Crippen LogP contribution in [-0.4, -0.2) is 51.4 Å². The van der Waals surface area contributed by atoms with Crippen molar-refractivity contribution in [1.29, 1.82) is 0 Å². The molecular formula is C23H29N3O4S. The molecule has 0 aromatic heterocycles. The van der Waals surface area contributed by atoms with Gasteiger partial charge < -0.3 is 15.0 Å². The minimum absolute atomic E-state index is 0.0406. The molecule has 31 heavy (non-hydrogen) atoms. The van der Waals surface area contributed by atoms with Gasteiger partial charge in [0.25, 0.3) is 0 Å². The normalized spacial score (nSPS) is 17.8. The molecule has 1 fully saturated rings. The van der Waals surface area contributed by atoms with Crippen molar-refractivity contribution in [2.75, 3.05) is 37.0 Å². The zero-order valence-corrected chi connectivity index (χ0v) is 18.8. The lowest BCUT2D eigenvalue weighted by Gasteiger charge is -2.27. The third kappa shape index (κ3) is 4.27. The molecule has 0 spiro atoms. The van der Waals surface area contributed by atoms with E-state index in [0.717, 1.165) is 31.4 Å². The van der Waals surface area contributed by atoms with Gasteiger partial charge in [-0.15, -0.1) is 0 Å². The van der Waals surface area contributed by atoms with E-state index in [2.05, 4.69) is 5.32 Å². The molecular weight excluding hydrogens is 414 g/mol. The number of hydrogen-bond acceptors (Lipinski definition) is 5. The fraction of sp³-hybridized carbons (Fsp3) is 0.435. The van der Waals surface area contributed by atoms with E-state index in [-0.39, 0.29) is 10.8 Å². The molecule has 166 valence electrons. The summed E-state index contributed by atoms with van der Waals surface area (Å²) >= 11 is 0. The molecule has 1 saturated heterocycles. The van der Waals surface area contributed by atoms with Crippen LogP contribution in [0.1, 0.15) is 31.7 Å². The second-order valence-electron chi connectivity index (χ2n) is 8.06. The van der Waals surface area contributed by atoms with Gasteiger partial charge in [-0.1, -0.05) is 24.6 Å². The SMILES string of the molecule is COc1ccc(NC(C)C(=O)N2CCc3ccccc32)cc1S(=O)(=O)N1CCCCC1. The van der Waals surface area contributed by atoms with Gasteiger partial charge in [0.15, 0.2) is 0 Å². The summed E-state index contributed by atoms with van der Waals surface area (Å²) < 4.78 is 33.3. The Labute approximate surface area is 184 Å². The number of methoxy groups -OCH3 is 1. The highest BCUT2D eigenvalue weighted by molar-refractivity contribution is 7.89. The summed E-state index contributed by atoms with van der Waals surface area (Å²) in [5.41, 5.74) is 2.69. The number of anilines is 2. The third-order valence-corrected chi connectivity index (χ3v) is 7.92. The van der Waals surface area contributed by atoms with Crippen LogP contribution >= 0.6 is 0 Å². The van der Waals surface area contributed by atoms with Crippen molar-refractivity contribution in [2.45, 2.75) is 43.5 Å². The largest absolute Gasteiger partial charge is 0.495 e. The number of piperidine rings is 1. The Hall–Kier alpha value is -2.58. The molecule has 0 radical (unpaired) electrons. The summed E-state index contributed by atoms with van der Waals surface area (Å²) in [6, 6.07) is 12.4. The summed E-state index contributed by atoms with van der Waals surface area (Å²) in [5, 5.41) is 3.19. The van der Waals surface area contributed by atoms with Crippen LogP contribution in [0, 0.1) is 0 Å². The molecule has 1 amide bonds. The average molecular weight is 444 g/mol. The molecule has 4 rings (SSSR count). The van der Waals surface area contributed by atoms with Gasteiger partial charge in [0.1, 0.15) is 16.7 Å². The lowest BCUT2D eigenvalue weighted by atomic mass is 10.2. The molecule has 7 nitrogen and oxygen atoms in total. The Bertz CT molecular complexity index is 1060. The van der Waals surface area contributed by atoms with E-state index >= 15 is 0 Å². The van der Waals surface area contributed by atoms with Crippen LogP contribution in [0.25, 0.3) is 0 Å². The molecule has 2 heterocycles. The molecule has 2 aliphatic heterocycles. The summed E-state index contributed by atoms with van der Waals surface area (Å²) in [6.45, 7) is 3.49. The number of benzene rings is 2. The lowest BCUT2D eigenvalue weighted by molar-refractivity contribution is -0.118. The number of sulfonamides is 1. The summed E-state index contributed by atoms with van der Waals surface area (Å²) in [4.78, 5) is 15.0. The van der Waals surface area contributed by atoms with Crippen LogP contribution in [-0.2, 0) is 21.2 Å². The highest BCUT2D eigenvalue weighted by atomic mass is 32.2. The van der Waals surface area contributed by atoms with E-state index in [1.54, 1.807) is 30.0 Å². The summed E-state index contributed by atoms with van der Waals surface area (Å²) in [7, 11) is -2.20. The van der Waals surface area contributed by atoms with Crippen LogP contribution in [0.3, 0.4) is 0 Å². The topological polar surface area (TPSA) is 79.0 Å². The monoisotopic (exact) mass is 443 g/mol. The van der Waals surface area contributed by atoms with Gasteiger partial charge in [-0.05, 0) is 56.0 Å². The minimum Gasteiger partial charge on any atom is -0.495 e. The van der Waals surface area contributed by atoms with E-state index in [1.165, 1.54) is 17.0 Å². The van der Waals surface area contributed by atoms with E-state index < -0.39 is 16.1 Å². The van der Waals surface area contributed by atoms with Crippen molar-refractivity contribution < 1.29 is 17.9 Å². The molecule has 0 saturated carbocycles. The van der Waals surface area contributed by atoms with Gasteiger partial charge in [-0.2, -0.15) is 4.31 Å². The number of rotatable bonds is 6. The molecule has 0 bridgehead atoms. The van der Waals surface area contributed by atoms with Crippen molar-refractivity contribution in [1.82, 2.24) is 4.31 Å². The van der Waals surface area contributed by atoms with Crippen LogP contribution in [0.4, 0.5) is 11.4 Å². The van der Waals surface area contributed by atoms with Gasteiger partial charge in [0, 0.05) is 31.0 Å². The van der Waals surface area contributed by atoms with Crippen LogP contribution in [0.15, 0.2) is 47.4 Å². The molecule has 0 aliphatic carbocycles. The van der Waals surface area contributed by atoms with Crippen molar-refractivity contribution >= 4 is 27.3 Å². The molecule has 2 aromatic rings. The maximum Gasteiger partial charge on any atom is 0.249 e. The van der Waals surface area contributed by atoms with E-state index in [4.69, 9.17) is 4.74 Å². The van der Waals surface area contributed by atoms with Crippen molar-refractivity contribution in [3.63, 3.8) is 0 Å². The first-order valence-electron chi connectivity index (χ1n) is 10.8. The first kappa shape index (κ1) is 21.6. The number of hydrogen-bond donors (Lipinski definition) is 1. The Morgan fingerprint density at radius 1 is 1.06 bits per heavy atom. The van der Waals surface area contributed by atoms with E-state index in [1.807, 2.05) is 24.3 Å². The summed E-state index contributed by atoms with van der Waals surface area (Å²) in [6.07, 6.45) is 3.62. The van der Waals surface area contributed by atoms with Crippen molar-refractivity contribution in [3.8, 4) is 5.75 Å². The van der Waals surface area contributed by atoms with Gasteiger partial charge in [-0.3, -0.25) is 4.79 Å². The van der Waals surface area contributed by atoms with Crippen LogP contribution in [0.2, 0.25) is 0 Å². The smallest absolute Gasteiger partial charge is 0.249 e. The van der Waals surface area contributed by atoms with Crippen molar-refractivity contribution in [2.24, 2.45) is 0 Å². The fourth-order valence-electron chi connectivity index (χ4n) is 4.33. The highest BCUT2D eigenvalue weighted by Crippen LogP contribution is 2.32. The molecule has 2 aliphatic rings. The standard InChI is InChI=1S/C23H29N3O4S/c1-17(23(27)26-15-12-18-8-4-5-9-20(18)26)24-19-10-11-21(30-2)22(16-19)31(28,29)25-13-6-3-7-14-25/h4-5,8-11,16-17,24H,3,6-7,12-15H2,1-2H3. The van der Waals surface area contributed by atoms with E-state index in [9.17, 15) is 13.2 Å². The number of nitrogens with zero attached hydrogens (tertiary/aromatic N) is 2. The number of nitrogens with one attached hydrogen (secondary N) is 1. The van der Waals surface area contributed by atoms with Crippen molar-refractivity contribution in [3.05, 3.63) is 48.0 Å². The predicted molar refractivity (Wildman–Crippen MR) is 121 cm³/mol. The number of amides is 1. The molecule has 8 heteroatoms.